The predicted molar refractivity (Wildman–Crippen MR) is 54.8 cm³/mol. The second-order valence-corrected chi connectivity index (χ2v) is 3.57. The average molecular weight is 231 g/mol. The molecular formula is C10H17NO5. The minimum absolute atomic E-state index is 0.0524. The Morgan fingerprint density at radius 3 is 2.81 bits per heavy atom. The minimum Gasteiger partial charge on any atom is -0.467 e. The van der Waals surface area contributed by atoms with Gasteiger partial charge in [0.25, 0.3) is 0 Å². The lowest BCUT2D eigenvalue weighted by atomic mass is 10.0. The molecule has 1 N–H and O–H groups in total. The lowest BCUT2D eigenvalue weighted by Gasteiger charge is -2.32. The van der Waals surface area contributed by atoms with Crippen molar-refractivity contribution in [1.29, 1.82) is 0 Å². The van der Waals surface area contributed by atoms with E-state index in [-0.39, 0.29) is 13.2 Å². The summed E-state index contributed by atoms with van der Waals surface area (Å²) in [5, 5.41) is 8.55. The Morgan fingerprint density at radius 1 is 1.44 bits per heavy atom. The highest BCUT2D eigenvalue weighted by atomic mass is 16.6. The van der Waals surface area contributed by atoms with Crippen LogP contribution in [0.5, 0.6) is 0 Å². The molecule has 1 aliphatic heterocycles. The van der Waals surface area contributed by atoms with Crippen molar-refractivity contribution in [2.24, 2.45) is 0 Å². The first-order chi connectivity index (χ1) is 7.70. The molecule has 0 spiro atoms. The number of likely N-dealkylation sites (tertiary alicyclic amines) is 1. The van der Waals surface area contributed by atoms with Crippen LogP contribution < -0.4 is 0 Å². The van der Waals surface area contributed by atoms with E-state index in [2.05, 4.69) is 4.74 Å². The van der Waals surface area contributed by atoms with Gasteiger partial charge in [0.05, 0.1) is 13.7 Å². The number of rotatable bonds is 3. The maximum Gasteiger partial charge on any atom is 0.410 e. The average Bonchev–Trinajstić information content (AvgIpc) is 2.35. The summed E-state index contributed by atoms with van der Waals surface area (Å²) < 4.78 is 9.42. The van der Waals surface area contributed by atoms with Gasteiger partial charge in [-0.1, -0.05) is 0 Å². The van der Waals surface area contributed by atoms with Crippen molar-refractivity contribution in [1.82, 2.24) is 4.90 Å². The van der Waals surface area contributed by atoms with Gasteiger partial charge in [0.15, 0.2) is 0 Å². The van der Waals surface area contributed by atoms with Gasteiger partial charge in [0, 0.05) is 6.54 Å². The number of nitrogens with zero attached hydrogens (tertiary/aromatic N) is 1. The van der Waals surface area contributed by atoms with E-state index in [0.717, 1.165) is 12.8 Å². The van der Waals surface area contributed by atoms with Gasteiger partial charge in [0.2, 0.25) is 0 Å². The highest BCUT2D eigenvalue weighted by Gasteiger charge is 2.33. The first-order valence-corrected chi connectivity index (χ1v) is 5.32. The van der Waals surface area contributed by atoms with Crippen molar-refractivity contribution in [2.45, 2.75) is 25.3 Å². The Balaban J connectivity index is 2.59. The van der Waals surface area contributed by atoms with Crippen molar-refractivity contribution in [3.05, 3.63) is 0 Å². The van der Waals surface area contributed by atoms with Gasteiger partial charge in [-0.25, -0.2) is 9.59 Å². The summed E-state index contributed by atoms with van der Waals surface area (Å²) in [7, 11) is 1.30. The Labute approximate surface area is 94.1 Å². The van der Waals surface area contributed by atoms with Crippen LogP contribution in [0.2, 0.25) is 0 Å². The van der Waals surface area contributed by atoms with Crippen molar-refractivity contribution >= 4 is 12.1 Å². The summed E-state index contributed by atoms with van der Waals surface area (Å²) >= 11 is 0. The summed E-state index contributed by atoms with van der Waals surface area (Å²) in [6.07, 6.45) is 1.77. The van der Waals surface area contributed by atoms with E-state index in [4.69, 9.17) is 9.84 Å². The number of amides is 1. The van der Waals surface area contributed by atoms with Gasteiger partial charge in [-0.05, 0) is 19.3 Å². The van der Waals surface area contributed by atoms with Crippen LogP contribution in [0, 0.1) is 0 Å². The molecule has 1 unspecified atom stereocenters. The number of methoxy groups -OCH3 is 1. The molecule has 1 rings (SSSR count). The van der Waals surface area contributed by atoms with Crippen LogP contribution in [-0.2, 0) is 14.3 Å². The van der Waals surface area contributed by atoms with Gasteiger partial charge in [-0.3, -0.25) is 4.90 Å². The lowest BCUT2D eigenvalue weighted by molar-refractivity contribution is -0.147. The molecule has 1 saturated heterocycles. The number of esters is 1. The zero-order valence-electron chi connectivity index (χ0n) is 9.35. The third-order valence-electron chi connectivity index (χ3n) is 2.53. The molecule has 0 saturated carbocycles. The second-order valence-electron chi connectivity index (χ2n) is 3.57. The van der Waals surface area contributed by atoms with Crippen molar-refractivity contribution in [3.8, 4) is 0 Å². The Hall–Kier alpha value is -1.30. The molecule has 92 valence electrons. The third-order valence-corrected chi connectivity index (χ3v) is 2.53. The van der Waals surface area contributed by atoms with Gasteiger partial charge in [-0.15, -0.1) is 0 Å². The summed E-state index contributed by atoms with van der Waals surface area (Å²) in [6.45, 7) is 0.218. The first-order valence-electron chi connectivity index (χ1n) is 5.32. The van der Waals surface area contributed by atoms with E-state index in [1.807, 2.05) is 0 Å². The molecule has 0 bridgehead atoms. The number of piperidine rings is 1. The standard InChI is InChI=1S/C10H17NO5/c1-15-9(13)8-4-2-3-5-11(8)10(14)16-7-6-12/h8,12H,2-7H2,1H3. The fourth-order valence-corrected chi connectivity index (χ4v) is 1.75. The third kappa shape index (κ3) is 3.10. The normalized spacial score (nSPS) is 20.4. The van der Waals surface area contributed by atoms with Crippen LogP contribution in [0.4, 0.5) is 4.79 Å². The number of aliphatic hydroxyl groups is 1. The lowest BCUT2D eigenvalue weighted by Crippen LogP contribution is -2.48. The number of aliphatic hydroxyl groups excluding tert-OH is 1. The monoisotopic (exact) mass is 231 g/mol. The van der Waals surface area contributed by atoms with E-state index in [9.17, 15) is 9.59 Å². The first kappa shape index (κ1) is 12.8. The summed E-state index contributed by atoms with van der Waals surface area (Å²) in [4.78, 5) is 24.4. The molecule has 0 aromatic heterocycles. The molecule has 16 heavy (non-hydrogen) atoms. The number of ether oxygens (including phenoxy) is 2. The Kier molecular flexibility index (Phi) is 5.04. The van der Waals surface area contributed by atoms with Crippen LogP contribution in [-0.4, -0.2) is 55.0 Å². The predicted octanol–water partition coefficient (Wildman–Crippen LogP) is 0.143. The van der Waals surface area contributed by atoms with Gasteiger partial charge >= 0.3 is 12.1 Å². The van der Waals surface area contributed by atoms with Crippen LogP contribution in [0.3, 0.4) is 0 Å². The highest BCUT2D eigenvalue weighted by molar-refractivity contribution is 5.81. The molecule has 1 atom stereocenters. The highest BCUT2D eigenvalue weighted by Crippen LogP contribution is 2.18. The SMILES string of the molecule is COC(=O)C1CCCCN1C(=O)OCCO. The van der Waals surface area contributed by atoms with Crippen LogP contribution in [0.25, 0.3) is 0 Å². The van der Waals surface area contributed by atoms with Gasteiger partial charge in [0.1, 0.15) is 12.6 Å². The zero-order chi connectivity index (χ0) is 12.0. The molecule has 1 fully saturated rings. The van der Waals surface area contributed by atoms with Crippen molar-refractivity contribution in [2.75, 3.05) is 26.9 Å². The molecule has 1 heterocycles. The summed E-state index contributed by atoms with van der Waals surface area (Å²) in [5.41, 5.74) is 0. The topological polar surface area (TPSA) is 76.1 Å². The molecular weight excluding hydrogens is 214 g/mol. The summed E-state index contributed by atoms with van der Waals surface area (Å²) in [6, 6.07) is -0.551. The van der Waals surface area contributed by atoms with Crippen LogP contribution in [0.1, 0.15) is 19.3 Å². The van der Waals surface area contributed by atoms with E-state index < -0.39 is 18.1 Å². The van der Waals surface area contributed by atoms with Crippen molar-refractivity contribution in [3.63, 3.8) is 0 Å². The van der Waals surface area contributed by atoms with E-state index >= 15 is 0 Å². The molecule has 0 aliphatic carbocycles. The fourth-order valence-electron chi connectivity index (χ4n) is 1.75. The second kappa shape index (κ2) is 6.32. The fraction of sp³-hybridized carbons (Fsp3) is 0.800. The smallest absolute Gasteiger partial charge is 0.410 e. The zero-order valence-corrected chi connectivity index (χ0v) is 9.35. The number of hydrogen-bond donors (Lipinski definition) is 1. The Morgan fingerprint density at radius 2 is 2.19 bits per heavy atom. The number of carbonyl (C=O) groups is 2. The van der Waals surface area contributed by atoms with Gasteiger partial charge < -0.3 is 14.6 Å². The van der Waals surface area contributed by atoms with Crippen molar-refractivity contribution < 1.29 is 24.2 Å². The number of carbonyl (C=O) groups excluding carboxylic acids is 2. The van der Waals surface area contributed by atoms with Crippen LogP contribution >= 0.6 is 0 Å². The molecule has 0 radical (unpaired) electrons. The van der Waals surface area contributed by atoms with Crippen LogP contribution in [0.15, 0.2) is 0 Å². The summed E-state index contributed by atoms with van der Waals surface area (Å²) in [5.74, 6) is -0.416. The molecule has 1 aliphatic rings. The molecule has 0 aromatic carbocycles. The molecule has 6 nitrogen and oxygen atoms in total. The maximum absolute atomic E-state index is 11.6. The largest absolute Gasteiger partial charge is 0.467 e. The number of hydrogen-bond acceptors (Lipinski definition) is 5. The van der Waals surface area contributed by atoms with E-state index in [1.54, 1.807) is 0 Å². The molecule has 1 amide bonds. The quantitative estimate of drug-likeness (QED) is 0.699. The Bertz CT molecular complexity index is 256. The van der Waals surface area contributed by atoms with E-state index in [0.29, 0.717) is 13.0 Å². The van der Waals surface area contributed by atoms with E-state index in [1.165, 1.54) is 12.0 Å². The molecule has 6 heteroatoms. The maximum atomic E-state index is 11.6. The molecule has 0 aromatic rings. The minimum atomic E-state index is -0.566. The van der Waals surface area contributed by atoms with Gasteiger partial charge in [-0.2, -0.15) is 0 Å².